The Labute approximate surface area is 188 Å². The number of nitrogens with zero attached hydrogens (tertiary/aromatic N) is 1. The number of aromatic nitrogens is 1. The van der Waals surface area contributed by atoms with E-state index in [4.69, 9.17) is 9.72 Å². The molecule has 0 radical (unpaired) electrons. The quantitative estimate of drug-likeness (QED) is 0.304. The first-order chi connectivity index (χ1) is 15.8. The first-order valence-electron chi connectivity index (χ1n) is 11.1. The highest BCUT2D eigenvalue weighted by Crippen LogP contribution is 2.44. The van der Waals surface area contributed by atoms with E-state index < -0.39 is 0 Å². The minimum absolute atomic E-state index is 0.0423. The van der Waals surface area contributed by atoms with Crippen molar-refractivity contribution in [3.05, 3.63) is 120 Å². The average Bonchev–Trinajstić information content (AvgIpc) is 3.28. The molecule has 0 bridgehead atoms. The molecule has 1 atom stereocenters. The van der Waals surface area contributed by atoms with Gasteiger partial charge in [0.05, 0.1) is 5.69 Å². The third kappa shape index (κ3) is 3.25. The number of hydrogen-bond donors (Lipinski definition) is 0. The van der Waals surface area contributed by atoms with Crippen LogP contribution in [0, 0.1) is 6.92 Å². The molecule has 1 aliphatic heterocycles. The van der Waals surface area contributed by atoms with E-state index in [1.807, 2.05) is 0 Å². The number of fused-ring (bicyclic) bond motifs is 2. The van der Waals surface area contributed by atoms with E-state index in [1.165, 1.54) is 38.6 Å². The van der Waals surface area contributed by atoms with Gasteiger partial charge in [0.25, 0.3) is 0 Å². The highest BCUT2D eigenvalue weighted by Gasteiger charge is 2.30. The molecule has 2 heterocycles. The predicted molar refractivity (Wildman–Crippen MR) is 131 cm³/mol. The van der Waals surface area contributed by atoms with E-state index in [2.05, 4.69) is 110 Å². The molecule has 154 valence electrons. The van der Waals surface area contributed by atoms with Gasteiger partial charge in [0.1, 0.15) is 6.10 Å². The van der Waals surface area contributed by atoms with Gasteiger partial charge in [0.15, 0.2) is 0 Å². The molecule has 0 N–H and O–H groups in total. The summed E-state index contributed by atoms with van der Waals surface area (Å²) in [6.07, 6.45) is 0.772. The Morgan fingerprint density at radius 1 is 0.750 bits per heavy atom. The van der Waals surface area contributed by atoms with Crippen molar-refractivity contribution in [1.82, 2.24) is 4.98 Å². The van der Waals surface area contributed by atoms with Crippen molar-refractivity contribution in [2.75, 3.05) is 0 Å². The molecule has 32 heavy (non-hydrogen) atoms. The van der Waals surface area contributed by atoms with Crippen LogP contribution in [-0.4, -0.2) is 4.98 Å². The van der Waals surface area contributed by atoms with Crippen LogP contribution < -0.4 is 4.74 Å². The fourth-order valence-electron chi connectivity index (χ4n) is 4.66. The zero-order valence-corrected chi connectivity index (χ0v) is 18.0. The van der Waals surface area contributed by atoms with Crippen molar-refractivity contribution < 1.29 is 4.74 Å². The summed E-state index contributed by atoms with van der Waals surface area (Å²) in [5.74, 6) is 0.750. The topological polar surface area (TPSA) is 22.1 Å². The molecule has 6 rings (SSSR count). The summed E-state index contributed by atoms with van der Waals surface area (Å²) < 4.78 is 6.54. The molecule has 0 amide bonds. The number of rotatable bonds is 3. The van der Waals surface area contributed by atoms with Crippen LogP contribution >= 0.6 is 0 Å². The maximum atomic E-state index is 6.54. The molecule has 2 heteroatoms. The third-order valence-electron chi connectivity index (χ3n) is 6.33. The van der Waals surface area contributed by atoms with E-state index in [1.54, 1.807) is 0 Å². The summed E-state index contributed by atoms with van der Waals surface area (Å²) in [5.41, 5.74) is 8.09. The summed E-state index contributed by atoms with van der Waals surface area (Å²) in [6.45, 7) is 2.10. The highest BCUT2D eigenvalue weighted by atomic mass is 16.5. The normalized spacial score (nSPS) is 14.8. The van der Waals surface area contributed by atoms with Crippen LogP contribution in [0.5, 0.6) is 5.88 Å². The monoisotopic (exact) mass is 413 g/mol. The highest BCUT2D eigenvalue weighted by molar-refractivity contribution is 5.86. The lowest BCUT2D eigenvalue weighted by molar-refractivity contribution is 0.232. The molecule has 5 aromatic rings. The van der Waals surface area contributed by atoms with Crippen molar-refractivity contribution in [2.24, 2.45) is 0 Å². The molecule has 2 nitrogen and oxygen atoms in total. The lowest BCUT2D eigenvalue weighted by Gasteiger charge is -2.13. The lowest BCUT2D eigenvalue weighted by atomic mass is 9.93. The molecule has 0 fully saturated rings. The van der Waals surface area contributed by atoms with Gasteiger partial charge in [-0.25, -0.2) is 4.98 Å². The smallest absolute Gasteiger partial charge is 0.218 e. The zero-order valence-electron chi connectivity index (χ0n) is 18.0. The summed E-state index contributed by atoms with van der Waals surface area (Å²) in [4.78, 5) is 4.97. The van der Waals surface area contributed by atoms with E-state index in [-0.39, 0.29) is 6.10 Å². The molecule has 1 unspecified atom stereocenters. The van der Waals surface area contributed by atoms with Gasteiger partial charge in [-0.15, -0.1) is 0 Å². The first kappa shape index (κ1) is 18.8. The van der Waals surface area contributed by atoms with Gasteiger partial charge < -0.3 is 4.74 Å². The molecular formula is C30H23NO. The minimum atomic E-state index is -0.0423. The first-order valence-corrected chi connectivity index (χ1v) is 11.1. The second-order valence-corrected chi connectivity index (χ2v) is 8.45. The van der Waals surface area contributed by atoms with Gasteiger partial charge in [-0.05, 0) is 34.9 Å². The van der Waals surface area contributed by atoms with Crippen LogP contribution in [0.25, 0.3) is 33.2 Å². The molecule has 1 aromatic heterocycles. The average molecular weight is 414 g/mol. The van der Waals surface area contributed by atoms with E-state index >= 15 is 0 Å². The Kier molecular flexibility index (Phi) is 4.50. The van der Waals surface area contributed by atoms with Crippen molar-refractivity contribution in [1.29, 1.82) is 0 Å². The predicted octanol–water partition coefficient (Wildman–Crippen LogP) is 7.55. The van der Waals surface area contributed by atoms with Crippen molar-refractivity contribution in [3.8, 4) is 28.3 Å². The second kappa shape index (κ2) is 7.65. The lowest BCUT2D eigenvalue weighted by Crippen LogP contribution is -2.04. The maximum Gasteiger partial charge on any atom is 0.218 e. The Morgan fingerprint density at radius 2 is 1.50 bits per heavy atom. The molecule has 0 saturated carbocycles. The molecule has 0 aliphatic carbocycles. The van der Waals surface area contributed by atoms with Gasteiger partial charge in [0.2, 0.25) is 5.88 Å². The summed E-state index contributed by atoms with van der Waals surface area (Å²) in [5, 5.41) is 2.48. The van der Waals surface area contributed by atoms with Crippen LogP contribution in [0.1, 0.15) is 22.8 Å². The Balaban J connectivity index is 1.49. The van der Waals surface area contributed by atoms with Crippen LogP contribution in [0.2, 0.25) is 0 Å². The maximum absolute atomic E-state index is 6.54. The van der Waals surface area contributed by atoms with Gasteiger partial charge in [0, 0.05) is 23.1 Å². The largest absolute Gasteiger partial charge is 0.469 e. The minimum Gasteiger partial charge on any atom is -0.469 e. The molecular weight excluding hydrogens is 390 g/mol. The Morgan fingerprint density at radius 3 is 2.34 bits per heavy atom. The SMILES string of the molecule is Cc1ccc(-c2cc(-c3ccccc3)c3c(n2)OC(c2cccc4ccccc24)C3)cc1. The number of aryl methyl sites for hydroxylation is 1. The van der Waals surface area contributed by atoms with Gasteiger partial charge in [-0.1, -0.05) is 103 Å². The van der Waals surface area contributed by atoms with Crippen molar-refractivity contribution in [2.45, 2.75) is 19.4 Å². The van der Waals surface area contributed by atoms with Gasteiger partial charge in [-0.3, -0.25) is 0 Å². The summed E-state index contributed by atoms with van der Waals surface area (Å²) >= 11 is 0. The van der Waals surface area contributed by atoms with Crippen molar-refractivity contribution in [3.63, 3.8) is 0 Å². The molecule has 0 saturated heterocycles. The van der Waals surface area contributed by atoms with Crippen molar-refractivity contribution >= 4 is 10.8 Å². The van der Waals surface area contributed by atoms with E-state index in [9.17, 15) is 0 Å². The molecule has 0 spiro atoms. The number of hydrogen-bond acceptors (Lipinski definition) is 2. The number of pyridine rings is 1. The fraction of sp³-hybridized carbons (Fsp3) is 0.100. The van der Waals surface area contributed by atoms with Crippen LogP contribution in [0.3, 0.4) is 0 Å². The molecule has 4 aromatic carbocycles. The number of ether oxygens (including phenoxy) is 1. The Hall–Kier alpha value is -3.91. The summed E-state index contributed by atoms with van der Waals surface area (Å²) in [6, 6.07) is 36.3. The molecule has 1 aliphatic rings. The summed E-state index contributed by atoms with van der Waals surface area (Å²) in [7, 11) is 0. The van der Waals surface area contributed by atoms with Crippen LogP contribution in [0.15, 0.2) is 103 Å². The second-order valence-electron chi connectivity index (χ2n) is 8.45. The zero-order chi connectivity index (χ0) is 21.5. The standard InChI is InChI=1S/C30H23NO/c1-20-14-16-23(17-15-20)28-18-26(22-8-3-2-4-9-22)27-19-29(32-30(27)31-28)25-13-7-11-21-10-5-6-12-24(21)25/h2-18,29H,19H2,1H3. The van der Waals surface area contributed by atoms with Gasteiger partial charge in [-0.2, -0.15) is 0 Å². The van der Waals surface area contributed by atoms with Crippen LogP contribution in [0.4, 0.5) is 0 Å². The van der Waals surface area contributed by atoms with E-state index in [0.717, 1.165) is 23.6 Å². The fourth-order valence-corrected chi connectivity index (χ4v) is 4.66. The number of benzene rings is 4. The van der Waals surface area contributed by atoms with Gasteiger partial charge >= 0.3 is 0 Å². The van der Waals surface area contributed by atoms with Crippen LogP contribution in [-0.2, 0) is 6.42 Å². The Bertz CT molecular complexity index is 1420. The van der Waals surface area contributed by atoms with E-state index in [0.29, 0.717) is 0 Å². The third-order valence-corrected chi connectivity index (χ3v) is 6.33.